The van der Waals surface area contributed by atoms with Gasteiger partial charge in [0.15, 0.2) is 0 Å². The molecule has 2 aromatic rings. The van der Waals surface area contributed by atoms with Crippen LogP contribution in [0.2, 0.25) is 0 Å². The number of hydrogen-bond donors (Lipinski definition) is 1. The quantitative estimate of drug-likeness (QED) is 0.787. The summed E-state index contributed by atoms with van der Waals surface area (Å²) in [5.74, 6) is 0.926. The highest BCUT2D eigenvalue weighted by molar-refractivity contribution is 5.77. The summed E-state index contributed by atoms with van der Waals surface area (Å²) in [6.45, 7) is 6.71. The summed E-state index contributed by atoms with van der Waals surface area (Å²) in [6.07, 6.45) is 4.88. The van der Waals surface area contributed by atoms with Crippen LogP contribution < -0.4 is 5.32 Å². The van der Waals surface area contributed by atoms with E-state index in [0.29, 0.717) is 0 Å². The summed E-state index contributed by atoms with van der Waals surface area (Å²) < 4.78 is 2.26. The molecule has 0 saturated carbocycles. The Labute approximate surface area is 126 Å². The van der Waals surface area contributed by atoms with E-state index in [0.717, 1.165) is 29.8 Å². The monoisotopic (exact) mass is 287 g/mol. The molecule has 0 aliphatic rings. The standard InChI is InChI=1S/C17H25N3O/c1-4-5-6-9-12-20-16-11-8-7-10-15(16)19-17(20)13(2)18-14(3)21/h7-8,10-11,13H,4-6,9,12H2,1-3H3,(H,18,21). The SMILES string of the molecule is CCCCCCn1c(C(C)NC(C)=O)nc2ccccc21. The molecule has 0 aliphatic carbocycles. The summed E-state index contributed by atoms with van der Waals surface area (Å²) in [5.41, 5.74) is 2.15. The fourth-order valence-corrected chi connectivity index (χ4v) is 2.73. The third-order valence-corrected chi connectivity index (χ3v) is 3.73. The summed E-state index contributed by atoms with van der Waals surface area (Å²) in [5, 5.41) is 2.94. The van der Waals surface area contributed by atoms with E-state index in [-0.39, 0.29) is 11.9 Å². The van der Waals surface area contributed by atoms with Crippen LogP contribution in [0.3, 0.4) is 0 Å². The molecule has 1 aromatic heterocycles. The maximum Gasteiger partial charge on any atom is 0.217 e. The van der Waals surface area contributed by atoms with Crippen molar-refractivity contribution in [3.8, 4) is 0 Å². The van der Waals surface area contributed by atoms with Crippen molar-refractivity contribution < 1.29 is 4.79 Å². The van der Waals surface area contributed by atoms with Gasteiger partial charge in [0.2, 0.25) is 5.91 Å². The number of aromatic nitrogens is 2. The maximum atomic E-state index is 11.3. The van der Waals surface area contributed by atoms with E-state index in [9.17, 15) is 4.79 Å². The normalized spacial score (nSPS) is 12.5. The average Bonchev–Trinajstić information content (AvgIpc) is 2.82. The van der Waals surface area contributed by atoms with Gasteiger partial charge in [0.25, 0.3) is 0 Å². The first kappa shape index (κ1) is 15.5. The number of unbranched alkanes of at least 4 members (excludes halogenated alkanes) is 3. The molecule has 1 aromatic carbocycles. The van der Waals surface area contributed by atoms with E-state index < -0.39 is 0 Å². The zero-order valence-electron chi connectivity index (χ0n) is 13.2. The summed E-state index contributed by atoms with van der Waals surface area (Å²) >= 11 is 0. The Hall–Kier alpha value is -1.84. The second-order valence-electron chi connectivity index (χ2n) is 5.59. The van der Waals surface area contributed by atoms with Crippen LogP contribution in [-0.4, -0.2) is 15.5 Å². The largest absolute Gasteiger partial charge is 0.347 e. The number of imidazole rings is 1. The van der Waals surface area contributed by atoms with Crippen LogP contribution in [0.1, 0.15) is 58.3 Å². The molecule has 0 aliphatic heterocycles. The lowest BCUT2D eigenvalue weighted by Crippen LogP contribution is -2.26. The second kappa shape index (κ2) is 7.25. The molecule has 0 bridgehead atoms. The average molecular weight is 287 g/mol. The number of carbonyl (C=O) groups is 1. The van der Waals surface area contributed by atoms with Crippen molar-refractivity contribution in [1.29, 1.82) is 0 Å². The number of benzene rings is 1. The number of hydrogen-bond acceptors (Lipinski definition) is 2. The van der Waals surface area contributed by atoms with Gasteiger partial charge in [0.05, 0.1) is 17.1 Å². The van der Waals surface area contributed by atoms with E-state index >= 15 is 0 Å². The summed E-state index contributed by atoms with van der Waals surface area (Å²) in [7, 11) is 0. The molecule has 0 saturated heterocycles. The van der Waals surface area contributed by atoms with Crippen LogP contribution in [0, 0.1) is 0 Å². The van der Waals surface area contributed by atoms with Gasteiger partial charge in [0.1, 0.15) is 5.82 Å². The Morgan fingerprint density at radius 3 is 2.76 bits per heavy atom. The van der Waals surface area contributed by atoms with E-state index in [2.05, 4.69) is 22.9 Å². The predicted molar refractivity (Wildman–Crippen MR) is 86.1 cm³/mol. The zero-order valence-corrected chi connectivity index (χ0v) is 13.2. The fraction of sp³-hybridized carbons (Fsp3) is 0.529. The number of aryl methyl sites for hydroxylation is 1. The third-order valence-electron chi connectivity index (χ3n) is 3.73. The van der Waals surface area contributed by atoms with Gasteiger partial charge in [-0.3, -0.25) is 4.79 Å². The highest BCUT2D eigenvalue weighted by atomic mass is 16.1. The topological polar surface area (TPSA) is 46.9 Å². The second-order valence-corrected chi connectivity index (χ2v) is 5.59. The molecule has 21 heavy (non-hydrogen) atoms. The van der Waals surface area contributed by atoms with Gasteiger partial charge in [-0.15, -0.1) is 0 Å². The van der Waals surface area contributed by atoms with Gasteiger partial charge in [0, 0.05) is 13.5 Å². The van der Waals surface area contributed by atoms with E-state index in [1.165, 1.54) is 19.3 Å². The van der Waals surface area contributed by atoms with E-state index in [4.69, 9.17) is 4.98 Å². The Morgan fingerprint density at radius 2 is 2.05 bits per heavy atom. The number of para-hydroxylation sites is 2. The lowest BCUT2D eigenvalue weighted by atomic mass is 10.2. The Morgan fingerprint density at radius 1 is 1.29 bits per heavy atom. The molecule has 2 rings (SSSR count). The summed E-state index contributed by atoms with van der Waals surface area (Å²) in [6, 6.07) is 8.11. The van der Waals surface area contributed by atoms with Gasteiger partial charge in [-0.2, -0.15) is 0 Å². The molecule has 1 unspecified atom stereocenters. The highest BCUT2D eigenvalue weighted by Crippen LogP contribution is 2.21. The highest BCUT2D eigenvalue weighted by Gasteiger charge is 2.16. The first-order valence-electron chi connectivity index (χ1n) is 7.85. The molecular weight excluding hydrogens is 262 g/mol. The summed E-state index contributed by atoms with van der Waals surface area (Å²) in [4.78, 5) is 16.0. The number of fused-ring (bicyclic) bond motifs is 1. The molecule has 0 spiro atoms. The van der Waals surface area contributed by atoms with Gasteiger partial charge in [-0.05, 0) is 25.5 Å². The van der Waals surface area contributed by atoms with Crippen molar-refractivity contribution in [2.75, 3.05) is 0 Å². The zero-order chi connectivity index (χ0) is 15.2. The number of amides is 1. The van der Waals surface area contributed by atoms with Crippen LogP contribution in [0.15, 0.2) is 24.3 Å². The van der Waals surface area contributed by atoms with Crippen LogP contribution in [0.4, 0.5) is 0 Å². The molecule has 114 valence electrons. The molecule has 0 radical (unpaired) electrons. The molecule has 1 N–H and O–H groups in total. The lowest BCUT2D eigenvalue weighted by molar-refractivity contribution is -0.119. The lowest BCUT2D eigenvalue weighted by Gasteiger charge is -2.15. The van der Waals surface area contributed by atoms with Crippen molar-refractivity contribution in [2.45, 2.75) is 59.0 Å². The van der Waals surface area contributed by atoms with Crippen molar-refractivity contribution in [3.63, 3.8) is 0 Å². The van der Waals surface area contributed by atoms with E-state index in [1.807, 2.05) is 25.1 Å². The van der Waals surface area contributed by atoms with E-state index in [1.54, 1.807) is 6.92 Å². The molecule has 1 amide bonds. The van der Waals surface area contributed by atoms with Crippen molar-refractivity contribution in [3.05, 3.63) is 30.1 Å². The van der Waals surface area contributed by atoms with Gasteiger partial charge >= 0.3 is 0 Å². The predicted octanol–water partition coefficient (Wildman–Crippen LogP) is 3.81. The van der Waals surface area contributed by atoms with Crippen molar-refractivity contribution in [1.82, 2.24) is 14.9 Å². The first-order valence-corrected chi connectivity index (χ1v) is 7.85. The maximum absolute atomic E-state index is 11.3. The minimum absolute atomic E-state index is 0.0212. The van der Waals surface area contributed by atoms with Crippen LogP contribution in [-0.2, 0) is 11.3 Å². The number of rotatable bonds is 7. The minimum Gasteiger partial charge on any atom is -0.347 e. The van der Waals surface area contributed by atoms with Gasteiger partial charge < -0.3 is 9.88 Å². The Balaban J connectivity index is 2.27. The first-order chi connectivity index (χ1) is 10.1. The van der Waals surface area contributed by atoms with Crippen molar-refractivity contribution >= 4 is 16.9 Å². The molecular formula is C17H25N3O. The number of nitrogens with zero attached hydrogens (tertiary/aromatic N) is 2. The Kier molecular flexibility index (Phi) is 5.37. The van der Waals surface area contributed by atoms with Crippen LogP contribution in [0.25, 0.3) is 11.0 Å². The number of carbonyl (C=O) groups excluding carboxylic acids is 1. The minimum atomic E-state index is -0.0684. The van der Waals surface area contributed by atoms with Crippen LogP contribution in [0.5, 0.6) is 0 Å². The molecule has 4 heteroatoms. The molecule has 4 nitrogen and oxygen atoms in total. The fourth-order valence-electron chi connectivity index (χ4n) is 2.73. The van der Waals surface area contributed by atoms with Crippen molar-refractivity contribution in [2.24, 2.45) is 0 Å². The Bertz CT molecular complexity index is 603. The third kappa shape index (κ3) is 3.84. The number of nitrogens with one attached hydrogen (secondary N) is 1. The smallest absolute Gasteiger partial charge is 0.217 e. The molecule has 0 fully saturated rings. The van der Waals surface area contributed by atoms with Gasteiger partial charge in [-0.25, -0.2) is 4.98 Å². The van der Waals surface area contributed by atoms with Gasteiger partial charge in [-0.1, -0.05) is 38.3 Å². The molecule has 1 heterocycles. The molecule has 1 atom stereocenters. The van der Waals surface area contributed by atoms with Crippen LogP contribution >= 0.6 is 0 Å².